The van der Waals surface area contributed by atoms with E-state index in [0.29, 0.717) is 42.4 Å². The highest BCUT2D eigenvalue weighted by Gasteiger charge is 2.28. The van der Waals surface area contributed by atoms with Crippen LogP contribution in [0, 0.1) is 11.8 Å². The first-order valence-electron chi connectivity index (χ1n) is 15.3. The molecule has 1 aromatic heterocycles. The van der Waals surface area contributed by atoms with Crippen LogP contribution in [-0.4, -0.2) is 40.8 Å². The maximum absolute atomic E-state index is 13.5. The predicted octanol–water partition coefficient (Wildman–Crippen LogP) is 4.31. The number of aromatic nitrogens is 2. The van der Waals surface area contributed by atoms with E-state index in [4.69, 9.17) is 11.5 Å². The minimum absolute atomic E-state index is 0.00374. The molecule has 7 N–H and O–H groups in total. The molecular formula is C35H40N6O3. The van der Waals surface area contributed by atoms with Crippen LogP contribution in [0.2, 0.25) is 0 Å². The van der Waals surface area contributed by atoms with Gasteiger partial charge in [-0.2, -0.15) is 0 Å². The fourth-order valence-corrected chi connectivity index (χ4v) is 5.78. The third kappa shape index (κ3) is 7.99. The van der Waals surface area contributed by atoms with Gasteiger partial charge in [-0.3, -0.25) is 14.4 Å². The number of primary amides is 1. The fourth-order valence-electron chi connectivity index (χ4n) is 5.78. The molecule has 1 heterocycles. The molecule has 1 unspecified atom stereocenters. The van der Waals surface area contributed by atoms with Crippen LogP contribution in [0.5, 0.6) is 0 Å². The third-order valence-electron chi connectivity index (χ3n) is 8.44. The van der Waals surface area contributed by atoms with E-state index in [1.54, 1.807) is 36.5 Å². The first kappa shape index (κ1) is 30.7. The Labute approximate surface area is 257 Å². The number of benzene rings is 3. The van der Waals surface area contributed by atoms with Crippen LogP contribution in [0.25, 0.3) is 11.3 Å². The van der Waals surface area contributed by atoms with Gasteiger partial charge in [-0.05, 0) is 91.9 Å². The summed E-state index contributed by atoms with van der Waals surface area (Å²) < 4.78 is 0. The molecule has 228 valence electrons. The molecular weight excluding hydrogens is 552 g/mol. The van der Waals surface area contributed by atoms with Gasteiger partial charge in [0.05, 0.1) is 17.9 Å². The molecule has 0 aliphatic heterocycles. The third-order valence-corrected chi connectivity index (χ3v) is 8.44. The zero-order valence-corrected chi connectivity index (χ0v) is 24.8. The summed E-state index contributed by atoms with van der Waals surface area (Å²) in [6.45, 7) is 1.19. The maximum atomic E-state index is 13.5. The lowest BCUT2D eigenvalue weighted by atomic mass is 9.81. The number of imidazole rings is 1. The molecule has 4 aromatic rings. The Balaban J connectivity index is 1.31. The highest BCUT2D eigenvalue weighted by atomic mass is 16.2. The van der Waals surface area contributed by atoms with Crippen molar-refractivity contribution in [1.29, 1.82) is 0 Å². The van der Waals surface area contributed by atoms with Crippen molar-refractivity contribution in [2.24, 2.45) is 23.3 Å². The van der Waals surface area contributed by atoms with Crippen molar-refractivity contribution >= 4 is 17.7 Å². The van der Waals surface area contributed by atoms with Crippen molar-refractivity contribution in [3.05, 3.63) is 113 Å². The van der Waals surface area contributed by atoms with Crippen LogP contribution in [0.1, 0.15) is 69.4 Å². The number of aromatic amines is 1. The number of hydrogen-bond acceptors (Lipinski definition) is 5. The molecule has 1 fully saturated rings. The molecule has 0 radical (unpaired) electrons. The van der Waals surface area contributed by atoms with Gasteiger partial charge < -0.3 is 27.1 Å². The molecule has 3 amide bonds. The molecule has 0 saturated heterocycles. The molecule has 9 heteroatoms. The smallest absolute Gasteiger partial charge is 0.251 e. The SMILES string of the molecule is NCC1CCC(C(=O)NC(Cc2cccc(C(=O)NCCc3ccccc3)c2)c2ncc(-c3ccc(C(N)=O)cc3)[nH]2)CC1. The molecule has 44 heavy (non-hydrogen) atoms. The van der Waals surface area contributed by atoms with Crippen LogP contribution in [-0.2, 0) is 17.6 Å². The second-order valence-corrected chi connectivity index (χ2v) is 11.5. The molecule has 1 aliphatic rings. The number of carbonyl (C=O) groups excluding carboxylic acids is 3. The quantitative estimate of drug-likeness (QED) is 0.166. The van der Waals surface area contributed by atoms with Gasteiger partial charge in [0.15, 0.2) is 0 Å². The number of hydrogen-bond donors (Lipinski definition) is 5. The highest BCUT2D eigenvalue weighted by Crippen LogP contribution is 2.29. The standard InChI is InChI=1S/C35H40N6O3/c36-21-24-9-11-28(12-10-24)35(44)41-30(33-39-22-31(40-33)26-13-15-27(16-14-26)32(37)42)20-25-7-4-8-29(19-25)34(43)38-18-17-23-5-2-1-3-6-23/h1-8,13-16,19,22,24,28,30H,9-12,17-18,20-21,36H2,(H2,37,42)(H,38,43)(H,39,40)(H,41,44). The molecule has 0 spiro atoms. The summed E-state index contributed by atoms with van der Waals surface area (Å²) in [6.07, 6.45) is 6.45. The van der Waals surface area contributed by atoms with E-state index in [1.807, 2.05) is 48.5 Å². The Morgan fingerprint density at radius 1 is 0.886 bits per heavy atom. The van der Waals surface area contributed by atoms with Gasteiger partial charge in [0.25, 0.3) is 5.91 Å². The van der Waals surface area contributed by atoms with Gasteiger partial charge in [0.2, 0.25) is 11.8 Å². The fraction of sp³-hybridized carbons (Fsp3) is 0.314. The monoisotopic (exact) mass is 592 g/mol. The van der Waals surface area contributed by atoms with Crippen molar-refractivity contribution in [2.45, 2.75) is 44.6 Å². The number of carbonyl (C=O) groups is 3. The Morgan fingerprint density at radius 3 is 2.32 bits per heavy atom. The Kier molecular flexibility index (Phi) is 10.2. The summed E-state index contributed by atoms with van der Waals surface area (Å²) in [5.41, 5.74) is 15.9. The molecule has 1 atom stereocenters. The summed E-state index contributed by atoms with van der Waals surface area (Å²) >= 11 is 0. The lowest BCUT2D eigenvalue weighted by Gasteiger charge is -2.28. The molecule has 9 nitrogen and oxygen atoms in total. The van der Waals surface area contributed by atoms with E-state index >= 15 is 0 Å². The minimum Gasteiger partial charge on any atom is -0.366 e. The van der Waals surface area contributed by atoms with Crippen molar-refractivity contribution in [3.8, 4) is 11.3 Å². The van der Waals surface area contributed by atoms with Gasteiger partial charge in [-0.25, -0.2) is 4.98 Å². The number of nitrogens with one attached hydrogen (secondary N) is 3. The number of amides is 3. The van der Waals surface area contributed by atoms with Gasteiger partial charge in [0, 0.05) is 23.6 Å². The number of rotatable bonds is 12. The van der Waals surface area contributed by atoms with E-state index in [1.165, 1.54) is 5.56 Å². The zero-order chi connectivity index (χ0) is 30.9. The lowest BCUT2D eigenvalue weighted by Crippen LogP contribution is -2.37. The van der Waals surface area contributed by atoms with Gasteiger partial charge in [-0.1, -0.05) is 54.6 Å². The first-order valence-corrected chi connectivity index (χ1v) is 15.3. The number of nitrogens with zero attached hydrogens (tertiary/aromatic N) is 1. The Bertz CT molecular complexity index is 1560. The topological polar surface area (TPSA) is 156 Å². The van der Waals surface area contributed by atoms with Crippen LogP contribution in [0.15, 0.2) is 85.1 Å². The number of H-pyrrole nitrogens is 1. The van der Waals surface area contributed by atoms with E-state index in [2.05, 4.69) is 20.6 Å². The largest absolute Gasteiger partial charge is 0.366 e. The molecule has 1 aliphatic carbocycles. The van der Waals surface area contributed by atoms with Crippen LogP contribution < -0.4 is 22.1 Å². The zero-order valence-electron chi connectivity index (χ0n) is 24.8. The molecule has 1 saturated carbocycles. The Hall–Kier alpha value is -4.76. The highest BCUT2D eigenvalue weighted by molar-refractivity contribution is 5.94. The van der Waals surface area contributed by atoms with Crippen LogP contribution >= 0.6 is 0 Å². The van der Waals surface area contributed by atoms with E-state index in [0.717, 1.165) is 48.9 Å². The first-order chi connectivity index (χ1) is 21.4. The van der Waals surface area contributed by atoms with Crippen molar-refractivity contribution in [3.63, 3.8) is 0 Å². The summed E-state index contributed by atoms with van der Waals surface area (Å²) in [6, 6.07) is 24.0. The van der Waals surface area contributed by atoms with E-state index < -0.39 is 11.9 Å². The normalized spacial score (nSPS) is 17.0. The molecule has 5 rings (SSSR count). The maximum Gasteiger partial charge on any atom is 0.251 e. The second-order valence-electron chi connectivity index (χ2n) is 11.5. The Morgan fingerprint density at radius 2 is 1.61 bits per heavy atom. The van der Waals surface area contributed by atoms with E-state index in [9.17, 15) is 14.4 Å². The molecule has 3 aromatic carbocycles. The van der Waals surface area contributed by atoms with Crippen molar-refractivity contribution in [2.75, 3.05) is 13.1 Å². The lowest BCUT2D eigenvalue weighted by molar-refractivity contribution is -0.127. The van der Waals surface area contributed by atoms with Crippen LogP contribution in [0.3, 0.4) is 0 Å². The predicted molar refractivity (Wildman–Crippen MR) is 171 cm³/mol. The average Bonchev–Trinajstić information content (AvgIpc) is 3.55. The van der Waals surface area contributed by atoms with Crippen LogP contribution in [0.4, 0.5) is 0 Å². The average molecular weight is 593 g/mol. The van der Waals surface area contributed by atoms with Crippen molar-refractivity contribution < 1.29 is 14.4 Å². The summed E-state index contributed by atoms with van der Waals surface area (Å²) in [5.74, 6) is 0.393. The van der Waals surface area contributed by atoms with Gasteiger partial charge in [-0.15, -0.1) is 0 Å². The number of nitrogens with two attached hydrogens (primary N) is 2. The molecule has 0 bridgehead atoms. The van der Waals surface area contributed by atoms with E-state index in [-0.39, 0.29) is 17.7 Å². The van der Waals surface area contributed by atoms with Gasteiger partial charge in [0.1, 0.15) is 5.82 Å². The summed E-state index contributed by atoms with van der Waals surface area (Å²) in [5, 5.41) is 6.26. The summed E-state index contributed by atoms with van der Waals surface area (Å²) in [4.78, 5) is 45.9. The minimum atomic E-state index is -0.489. The van der Waals surface area contributed by atoms with Crippen molar-refractivity contribution in [1.82, 2.24) is 20.6 Å². The summed E-state index contributed by atoms with van der Waals surface area (Å²) in [7, 11) is 0. The van der Waals surface area contributed by atoms with Gasteiger partial charge >= 0.3 is 0 Å². The second kappa shape index (κ2) is 14.6.